The number of benzene rings is 1. The van der Waals surface area contributed by atoms with Crippen molar-refractivity contribution in [1.82, 2.24) is 9.97 Å². The summed E-state index contributed by atoms with van der Waals surface area (Å²) in [7, 11) is 0. The average Bonchev–Trinajstić information content (AvgIpc) is 3.11. The standard InChI is InChI=1S/C18H10F4N4O2S/c19-16(20)18(21,22)28-11-6-4-10(5-7-11)15(27)26-17-25-14(13(9-23)29-17)12-3-1-2-8-24-12/h1-8,16H,(H,25,26,27). The summed E-state index contributed by atoms with van der Waals surface area (Å²) in [5, 5.41) is 11.9. The number of rotatable bonds is 6. The lowest BCUT2D eigenvalue weighted by molar-refractivity contribution is -0.253. The molecular weight excluding hydrogens is 412 g/mol. The first kappa shape index (κ1) is 20.2. The number of carbonyl (C=O) groups is 1. The van der Waals surface area contributed by atoms with Crippen LogP contribution in [0.25, 0.3) is 11.4 Å². The molecule has 148 valence electrons. The molecule has 1 aromatic carbocycles. The zero-order valence-electron chi connectivity index (χ0n) is 14.3. The van der Waals surface area contributed by atoms with E-state index in [4.69, 9.17) is 0 Å². The van der Waals surface area contributed by atoms with E-state index in [2.05, 4.69) is 20.0 Å². The van der Waals surface area contributed by atoms with E-state index in [1.54, 1.807) is 18.2 Å². The Hall–Kier alpha value is -3.52. The van der Waals surface area contributed by atoms with Crippen molar-refractivity contribution in [3.8, 4) is 23.2 Å². The van der Waals surface area contributed by atoms with Crippen molar-refractivity contribution >= 4 is 22.4 Å². The van der Waals surface area contributed by atoms with Gasteiger partial charge in [0, 0.05) is 11.8 Å². The third-order valence-electron chi connectivity index (χ3n) is 3.48. The Morgan fingerprint density at radius 2 is 1.93 bits per heavy atom. The Balaban J connectivity index is 1.74. The van der Waals surface area contributed by atoms with Crippen LogP contribution >= 0.6 is 11.3 Å². The molecule has 3 rings (SSSR count). The van der Waals surface area contributed by atoms with Crippen LogP contribution in [-0.2, 0) is 0 Å². The molecule has 2 aromatic heterocycles. The third kappa shape index (κ3) is 4.67. The van der Waals surface area contributed by atoms with E-state index in [0.717, 1.165) is 35.6 Å². The summed E-state index contributed by atoms with van der Waals surface area (Å²) in [6.45, 7) is 0. The van der Waals surface area contributed by atoms with E-state index in [9.17, 15) is 27.6 Å². The fourth-order valence-corrected chi connectivity index (χ4v) is 2.94. The Kier molecular flexibility index (Phi) is 5.74. The van der Waals surface area contributed by atoms with Crippen LogP contribution in [-0.4, -0.2) is 28.4 Å². The van der Waals surface area contributed by atoms with Crippen LogP contribution in [0, 0.1) is 11.3 Å². The number of pyridine rings is 1. The van der Waals surface area contributed by atoms with Crippen molar-refractivity contribution < 1.29 is 27.1 Å². The molecule has 29 heavy (non-hydrogen) atoms. The number of amides is 1. The first-order chi connectivity index (χ1) is 13.8. The van der Waals surface area contributed by atoms with Gasteiger partial charge in [0.05, 0.1) is 5.69 Å². The number of nitrogens with zero attached hydrogens (tertiary/aromatic N) is 3. The highest BCUT2D eigenvalue weighted by Crippen LogP contribution is 2.30. The van der Waals surface area contributed by atoms with Crippen LogP contribution in [0.3, 0.4) is 0 Å². The zero-order chi connectivity index (χ0) is 21.0. The Morgan fingerprint density at radius 3 is 2.52 bits per heavy atom. The summed E-state index contributed by atoms with van der Waals surface area (Å²) in [6.07, 6.45) is -7.09. The lowest BCUT2D eigenvalue weighted by atomic mass is 10.2. The summed E-state index contributed by atoms with van der Waals surface area (Å²) in [4.78, 5) is 20.9. The highest BCUT2D eigenvalue weighted by atomic mass is 32.1. The molecule has 0 aliphatic rings. The predicted octanol–water partition coefficient (Wildman–Crippen LogP) is 4.57. The largest absolute Gasteiger partial charge is 0.461 e. The van der Waals surface area contributed by atoms with Gasteiger partial charge in [-0.25, -0.2) is 4.98 Å². The molecule has 11 heteroatoms. The summed E-state index contributed by atoms with van der Waals surface area (Å²) in [5.41, 5.74) is 0.819. The van der Waals surface area contributed by atoms with E-state index in [-0.39, 0.29) is 15.6 Å². The van der Waals surface area contributed by atoms with Gasteiger partial charge in [-0.3, -0.25) is 15.1 Å². The molecule has 1 N–H and O–H groups in total. The molecule has 1 amide bonds. The van der Waals surface area contributed by atoms with E-state index >= 15 is 0 Å². The lowest BCUT2D eigenvalue weighted by Gasteiger charge is -2.16. The van der Waals surface area contributed by atoms with Crippen LogP contribution in [0.2, 0.25) is 0 Å². The number of alkyl halides is 4. The second-order valence-corrected chi connectivity index (χ2v) is 6.47. The fourth-order valence-electron chi connectivity index (χ4n) is 2.17. The highest BCUT2D eigenvalue weighted by Gasteiger charge is 2.43. The van der Waals surface area contributed by atoms with Crippen LogP contribution in [0.4, 0.5) is 22.7 Å². The molecule has 0 saturated carbocycles. The third-order valence-corrected chi connectivity index (χ3v) is 4.36. The van der Waals surface area contributed by atoms with E-state index < -0.39 is 24.2 Å². The number of aromatic nitrogens is 2. The Morgan fingerprint density at radius 1 is 1.21 bits per heavy atom. The van der Waals surface area contributed by atoms with Gasteiger partial charge in [0.2, 0.25) is 0 Å². The number of nitrogens with one attached hydrogen (secondary N) is 1. The van der Waals surface area contributed by atoms with E-state index in [1.807, 2.05) is 6.07 Å². The summed E-state index contributed by atoms with van der Waals surface area (Å²) < 4.78 is 54.1. The summed E-state index contributed by atoms with van der Waals surface area (Å²) >= 11 is 0.940. The van der Waals surface area contributed by atoms with Crippen molar-refractivity contribution in [2.75, 3.05) is 5.32 Å². The van der Waals surface area contributed by atoms with Crippen molar-refractivity contribution in [2.45, 2.75) is 12.5 Å². The van der Waals surface area contributed by atoms with Gasteiger partial charge in [-0.2, -0.15) is 22.8 Å². The fraction of sp³-hybridized carbons (Fsp3) is 0.111. The number of thiazole rings is 1. The zero-order valence-corrected chi connectivity index (χ0v) is 15.1. The monoisotopic (exact) mass is 422 g/mol. The number of nitriles is 1. The topological polar surface area (TPSA) is 87.9 Å². The molecule has 2 heterocycles. The number of carbonyl (C=O) groups excluding carboxylic acids is 1. The van der Waals surface area contributed by atoms with Crippen LogP contribution in [0.5, 0.6) is 5.75 Å². The maximum Gasteiger partial charge on any atom is 0.461 e. The van der Waals surface area contributed by atoms with Gasteiger partial charge in [-0.05, 0) is 36.4 Å². The van der Waals surface area contributed by atoms with Gasteiger partial charge >= 0.3 is 12.5 Å². The number of anilines is 1. The molecule has 6 nitrogen and oxygen atoms in total. The molecule has 0 bridgehead atoms. The number of hydrogen-bond acceptors (Lipinski definition) is 6. The maximum atomic E-state index is 12.9. The molecule has 0 aliphatic heterocycles. The number of ether oxygens (including phenoxy) is 1. The predicted molar refractivity (Wildman–Crippen MR) is 96.0 cm³/mol. The SMILES string of the molecule is N#Cc1sc(NC(=O)c2ccc(OC(F)(F)C(F)F)cc2)nc1-c1ccccn1. The second-order valence-electron chi connectivity index (χ2n) is 5.47. The molecule has 0 radical (unpaired) electrons. The Bertz CT molecular complexity index is 1050. The first-order valence-electron chi connectivity index (χ1n) is 7.89. The molecule has 0 fully saturated rings. The molecule has 0 unspecified atom stereocenters. The average molecular weight is 422 g/mol. The minimum atomic E-state index is -4.64. The minimum Gasteiger partial charge on any atom is -0.428 e. The number of halogens is 4. The van der Waals surface area contributed by atoms with Gasteiger partial charge in [-0.1, -0.05) is 17.4 Å². The summed E-state index contributed by atoms with van der Waals surface area (Å²) in [6, 6.07) is 11.3. The first-order valence-corrected chi connectivity index (χ1v) is 8.70. The molecular formula is C18H10F4N4O2S. The van der Waals surface area contributed by atoms with Gasteiger partial charge in [0.1, 0.15) is 22.4 Å². The van der Waals surface area contributed by atoms with Crippen molar-refractivity contribution in [1.29, 1.82) is 5.26 Å². The Labute approximate surface area is 165 Å². The highest BCUT2D eigenvalue weighted by molar-refractivity contribution is 7.16. The lowest BCUT2D eigenvalue weighted by Crippen LogP contribution is -2.33. The molecule has 0 spiro atoms. The number of hydrogen-bond donors (Lipinski definition) is 1. The van der Waals surface area contributed by atoms with Crippen LogP contribution in [0.1, 0.15) is 15.2 Å². The summed E-state index contributed by atoms with van der Waals surface area (Å²) in [5.74, 6) is -1.16. The van der Waals surface area contributed by atoms with Gasteiger partial charge in [0.15, 0.2) is 5.13 Å². The van der Waals surface area contributed by atoms with Crippen LogP contribution in [0.15, 0.2) is 48.7 Å². The molecule has 3 aromatic rings. The molecule has 0 saturated heterocycles. The maximum absolute atomic E-state index is 12.9. The normalized spacial score (nSPS) is 11.2. The van der Waals surface area contributed by atoms with E-state index in [1.165, 1.54) is 6.20 Å². The molecule has 0 aliphatic carbocycles. The van der Waals surface area contributed by atoms with Crippen molar-refractivity contribution in [3.05, 3.63) is 59.1 Å². The van der Waals surface area contributed by atoms with Crippen molar-refractivity contribution in [2.24, 2.45) is 0 Å². The van der Waals surface area contributed by atoms with Gasteiger partial charge < -0.3 is 4.74 Å². The second kappa shape index (κ2) is 8.24. The quantitative estimate of drug-likeness (QED) is 0.588. The van der Waals surface area contributed by atoms with Crippen molar-refractivity contribution in [3.63, 3.8) is 0 Å². The van der Waals surface area contributed by atoms with Gasteiger partial charge in [0.25, 0.3) is 5.91 Å². The van der Waals surface area contributed by atoms with E-state index in [0.29, 0.717) is 11.4 Å². The van der Waals surface area contributed by atoms with Crippen LogP contribution < -0.4 is 10.1 Å². The minimum absolute atomic E-state index is 0.0470. The van der Waals surface area contributed by atoms with Gasteiger partial charge in [-0.15, -0.1) is 0 Å². The smallest absolute Gasteiger partial charge is 0.428 e. The molecule has 0 atom stereocenters.